The third-order valence-electron chi connectivity index (χ3n) is 4.44. The molecule has 0 unspecified atom stereocenters. The second-order valence-electron chi connectivity index (χ2n) is 6.58. The number of nitrogens with one attached hydrogen (secondary N) is 1. The molecule has 1 amide bonds. The number of carbonyl (C=O) groups is 1. The van der Waals surface area contributed by atoms with Gasteiger partial charge in [-0.25, -0.2) is 4.98 Å². The molecular formula is C20H24N4O2S2. The third-order valence-corrected chi connectivity index (χ3v) is 5.82. The van der Waals surface area contributed by atoms with E-state index in [0.717, 1.165) is 32.2 Å². The van der Waals surface area contributed by atoms with Gasteiger partial charge in [-0.15, -0.1) is 0 Å². The fourth-order valence-electron chi connectivity index (χ4n) is 3.00. The standard InChI is InChI=1S/C20H24N4O2S2/c1-3-5-7-10-21-17-14(18(25)23-12-8-6-9-16(23)22-17)13-15-19(26)24(11-4-2)20(27)28-15/h6,8-9,12-13,21H,3-5,7,10-11H2,1-2H3/b15-13+. The second kappa shape index (κ2) is 9.34. The van der Waals surface area contributed by atoms with E-state index in [2.05, 4.69) is 17.2 Å². The molecule has 8 heteroatoms. The number of fused-ring (bicyclic) bond motifs is 1. The van der Waals surface area contributed by atoms with E-state index in [1.165, 1.54) is 16.2 Å². The summed E-state index contributed by atoms with van der Waals surface area (Å²) in [5, 5.41) is 3.28. The van der Waals surface area contributed by atoms with Crippen LogP contribution in [-0.2, 0) is 4.79 Å². The van der Waals surface area contributed by atoms with Crippen molar-refractivity contribution in [3.63, 3.8) is 0 Å². The number of rotatable bonds is 8. The Balaban J connectivity index is 2.03. The van der Waals surface area contributed by atoms with Gasteiger partial charge in [0.15, 0.2) is 0 Å². The summed E-state index contributed by atoms with van der Waals surface area (Å²) in [5.41, 5.74) is 0.753. The zero-order chi connectivity index (χ0) is 20.1. The third kappa shape index (κ3) is 4.28. The molecule has 2 aromatic heterocycles. The van der Waals surface area contributed by atoms with Crippen molar-refractivity contribution < 1.29 is 4.79 Å². The first kappa shape index (κ1) is 20.5. The van der Waals surface area contributed by atoms with Crippen LogP contribution in [0.2, 0.25) is 0 Å². The molecular weight excluding hydrogens is 392 g/mol. The Kier molecular flexibility index (Phi) is 6.85. The Morgan fingerprint density at radius 3 is 2.79 bits per heavy atom. The minimum atomic E-state index is -0.204. The van der Waals surface area contributed by atoms with E-state index >= 15 is 0 Å². The largest absolute Gasteiger partial charge is 0.369 e. The molecule has 1 aliphatic heterocycles. The van der Waals surface area contributed by atoms with Crippen molar-refractivity contribution in [1.82, 2.24) is 14.3 Å². The highest BCUT2D eigenvalue weighted by Crippen LogP contribution is 2.33. The fourth-order valence-corrected chi connectivity index (χ4v) is 4.29. The Morgan fingerprint density at radius 2 is 2.04 bits per heavy atom. The summed E-state index contributed by atoms with van der Waals surface area (Å²) >= 11 is 6.57. The van der Waals surface area contributed by atoms with Crippen molar-refractivity contribution in [2.45, 2.75) is 39.5 Å². The number of carbonyl (C=O) groups excluding carboxylic acids is 1. The Bertz CT molecular complexity index is 984. The number of hydrogen-bond acceptors (Lipinski definition) is 6. The monoisotopic (exact) mass is 416 g/mol. The molecule has 148 valence electrons. The van der Waals surface area contributed by atoms with Crippen molar-refractivity contribution in [1.29, 1.82) is 0 Å². The van der Waals surface area contributed by atoms with Gasteiger partial charge in [0.05, 0.1) is 10.5 Å². The van der Waals surface area contributed by atoms with Crippen LogP contribution in [0.1, 0.15) is 45.1 Å². The molecule has 3 rings (SSSR count). The zero-order valence-electron chi connectivity index (χ0n) is 16.1. The Morgan fingerprint density at radius 1 is 1.21 bits per heavy atom. The lowest BCUT2D eigenvalue weighted by Crippen LogP contribution is -2.28. The summed E-state index contributed by atoms with van der Waals surface area (Å²) in [4.78, 5) is 32.5. The van der Waals surface area contributed by atoms with Crippen molar-refractivity contribution in [2.75, 3.05) is 18.4 Å². The van der Waals surface area contributed by atoms with Crippen LogP contribution < -0.4 is 10.9 Å². The van der Waals surface area contributed by atoms with Crippen molar-refractivity contribution >= 4 is 51.7 Å². The van der Waals surface area contributed by atoms with E-state index in [-0.39, 0.29) is 11.5 Å². The number of hydrogen-bond donors (Lipinski definition) is 1. The van der Waals surface area contributed by atoms with Crippen LogP contribution in [-0.4, -0.2) is 37.6 Å². The van der Waals surface area contributed by atoms with E-state index < -0.39 is 0 Å². The average molecular weight is 417 g/mol. The summed E-state index contributed by atoms with van der Waals surface area (Å²) in [6.45, 7) is 5.45. The molecule has 0 atom stereocenters. The van der Waals surface area contributed by atoms with Crippen molar-refractivity contribution in [3.05, 3.63) is 45.2 Å². The lowest BCUT2D eigenvalue weighted by atomic mass is 10.2. The quantitative estimate of drug-likeness (QED) is 0.400. The number of pyridine rings is 1. The number of thioether (sulfide) groups is 1. The highest BCUT2D eigenvalue weighted by Gasteiger charge is 2.31. The van der Waals surface area contributed by atoms with Crippen LogP contribution in [0.15, 0.2) is 34.1 Å². The number of nitrogens with zero attached hydrogens (tertiary/aromatic N) is 3. The maximum absolute atomic E-state index is 13.1. The highest BCUT2D eigenvalue weighted by molar-refractivity contribution is 8.26. The first-order valence-electron chi connectivity index (χ1n) is 9.57. The number of anilines is 1. The molecule has 1 N–H and O–H groups in total. The van der Waals surface area contributed by atoms with Crippen LogP contribution in [0, 0.1) is 0 Å². The first-order valence-corrected chi connectivity index (χ1v) is 10.8. The van der Waals surface area contributed by atoms with Gasteiger partial charge in [0.1, 0.15) is 15.8 Å². The maximum atomic E-state index is 13.1. The molecule has 1 saturated heterocycles. The summed E-state index contributed by atoms with van der Waals surface area (Å²) in [7, 11) is 0. The zero-order valence-corrected chi connectivity index (χ0v) is 17.7. The molecule has 0 spiro atoms. The molecule has 0 radical (unpaired) electrons. The Labute approximate surface area is 174 Å². The van der Waals surface area contributed by atoms with Crippen molar-refractivity contribution in [3.8, 4) is 0 Å². The first-order chi connectivity index (χ1) is 13.6. The average Bonchev–Trinajstić information content (AvgIpc) is 2.96. The molecule has 0 aliphatic carbocycles. The van der Waals surface area contributed by atoms with Gasteiger partial charge in [-0.05, 0) is 31.1 Å². The molecule has 2 aromatic rings. The van der Waals surface area contributed by atoms with Crippen LogP contribution in [0.25, 0.3) is 11.7 Å². The molecule has 6 nitrogen and oxygen atoms in total. The van der Waals surface area contributed by atoms with Crippen LogP contribution in [0.3, 0.4) is 0 Å². The molecule has 1 fully saturated rings. The second-order valence-corrected chi connectivity index (χ2v) is 8.25. The summed E-state index contributed by atoms with van der Waals surface area (Å²) in [6.07, 6.45) is 7.35. The van der Waals surface area contributed by atoms with E-state index in [1.807, 2.05) is 13.0 Å². The molecule has 1 aliphatic rings. The number of amides is 1. The van der Waals surface area contributed by atoms with E-state index in [1.54, 1.807) is 29.3 Å². The maximum Gasteiger partial charge on any atom is 0.267 e. The van der Waals surface area contributed by atoms with Gasteiger partial charge in [-0.2, -0.15) is 0 Å². The molecule has 0 bridgehead atoms. The number of thiocarbonyl (C=S) groups is 1. The minimum absolute atomic E-state index is 0.147. The van der Waals surface area contributed by atoms with Gasteiger partial charge in [0.2, 0.25) is 0 Å². The topological polar surface area (TPSA) is 66.7 Å². The SMILES string of the molecule is CCCCCNc1nc2ccccn2c(=O)c1/C=C1/SC(=S)N(CCC)C1=O. The van der Waals surface area contributed by atoms with E-state index in [0.29, 0.717) is 32.8 Å². The molecule has 28 heavy (non-hydrogen) atoms. The van der Waals surface area contributed by atoms with Gasteiger partial charge in [0.25, 0.3) is 11.5 Å². The van der Waals surface area contributed by atoms with Gasteiger partial charge in [-0.3, -0.25) is 18.9 Å². The molecule has 0 saturated carbocycles. The summed E-state index contributed by atoms with van der Waals surface area (Å²) < 4.78 is 2.03. The van der Waals surface area contributed by atoms with Crippen LogP contribution >= 0.6 is 24.0 Å². The smallest absolute Gasteiger partial charge is 0.267 e. The van der Waals surface area contributed by atoms with Crippen LogP contribution in [0.5, 0.6) is 0 Å². The van der Waals surface area contributed by atoms with Gasteiger partial charge in [0, 0.05) is 19.3 Å². The lowest BCUT2D eigenvalue weighted by molar-refractivity contribution is -0.122. The minimum Gasteiger partial charge on any atom is -0.369 e. The highest BCUT2D eigenvalue weighted by atomic mass is 32.2. The van der Waals surface area contributed by atoms with Crippen LogP contribution in [0.4, 0.5) is 5.82 Å². The predicted octanol–water partition coefficient (Wildman–Crippen LogP) is 3.91. The van der Waals surface area contributed by atoms with E-state index in [4.69, 9.17) is 12.2 Å². The van der Waals surface area contributed by atoms with Gasteiger partial charge < -0.3 is 5.32 Å². The summed E-state index contributed by atoms with van der Waals surface area (Å²) in [5.74, 6) is 0.361. The molecule has 0 aromatic carbocycles. The number of unbranched alkanes of at least 4 members (excludes halogenated alkanes) is 2. The summed E-state index contributed by atoms with van der Waals surface area (Å²) in [6, 6.07) is 5.43. The van der Waals surface area contributed by atoms with Gasteiger partial charge in [-0.1, -0.05) is 56.7 Å². The Hall–Kier alpha value is -2.19. The molecule has 3 heterocycles. The van der Waals surface area contributed by atoms with Gasteiger partial charge >= 0.3 is 0 Å². The fraction of sp³-hybridized carbons (Fsp3) is 0.400. The lowest BCUT2D eigenvalue weighted by Gasteiger charge is -2.12. The predicted molar refractivity (Wildman–Crippen MR) is 120 cm³/mol. The number of aromatic nitrogens is 2. The van der Waals surface area contributed by atoms with Crippen molar-refractivity contribution in [2.24, 2.45) is 0 Å². The van der Waals surface area contributed by atoms with E-state index in [9.17, 15) is 9.59 Å². The normalized spacial score (nSPS) is 15.8.